The van der Waals surface area contributed by atoms with E-state index in [9.17, 15) is 13.2 Å². The molecule has 1 fully saturated rings. The van der Waals surface area contributed by atoms with Crippen LogP contribution >= 0.6 is 0 Å². The summed E-state index contributed by atoms with van der Waals surface area (Å²) in [4.78, 5) is 12.8. The lowest BCUT2D eigenvalue weighted by atomic mass is 10.1. The van der Waals surface area contributed by atoms with Crippen molar-refractivity contribution < 1.29 is 17.9 Å². The predicted molar refractivity (Wildman–Crippen MR) is 117 cm³/mol. The van der Waals surface area contributed by atoms with Crippen LogP contribution in [0.2, 0.25) is 0 Å². The third-order valence-electron chi connectivity index (χ3n) is 5.37. The molecule has 0 atom stereocenters. The second-order valence-corrected chi connectivity index (χ2v) is 9.67. The van der Waals surface area contributed by atoms with E-state index in [2.05, 4.69) is 5.32 Å². The maximum atomic E-state index is 13.0. The number of hydrogen-bond acceptors (Lipinski definition) is 4. The lowest BCUT2D eigenvalue weighted by molar-refractivity contribution is -0.121. The molecule has 0 unspecified atom stereocenters. The molecule has 162 valence electrons. The molecule has 0 saturated carbocycles. The van der Waals surface area contributed by atoms with Gasteiger partial charge in [0, 0.05) is 19.1 Å². The van der Waals surface area contributed by atoms with Gasteiger partial charge in [0.05, 0.1) is 17.9 Å². The number of hydrogen-bond donors (Lipinski definition) is 1. The molecule has 0 spiro atoms. The third-order valence-corrected chi connectivity index (χ3v) is 7.43. The number of piperidine rings is 1. The van der Waals surface area contributed by atoms with E-state index in [1.54, 1.807) is 6.07 Å². The lowest BCUT2D eigenvalue weighted by Crippen LogP contribution is -2.46. The molecule has 30 heavy (non-hydrogen) atoms. The van der Waals surface area contributed by atoms with Gasteiger partial charge in [0.25, 0.3) is 0 Å². The van der Waals surface area contributed by atoms with Crippen molar-refractivity contribution in [1.29, 1.82) is 0 Å². The summed E-state index contributed by atoms with van der Waals surface area (Å²) in [6.45, 7) is 7.13. The van der Waals surface area contributed by atoms with E-state index in [1.165, 1.54) is 4.31 Å². The van der Waals surface area contributed by atoms with E-state index in [4.69, 9.17) is 4.74 Å². The summed E-state index contributed by atoms with van der Waals surface area (Å²) >= 11 is 0. The van der Waals surface area contributed by atoms with E-state index in [-0.39, 0.29) is 11.9 Å². The number of nitrogens with one attached hydrogen (secondary N) is 1. The molecule has 1 heterocycles. The van der Waals surface area contributed by atoms with Crippen molar-refractivity contribution in [3.05, 3.63) is 59.2 Å². The summed E-state index contributed by atoms with van der Waals surface area (Å²) in [6.07, 6.45) is 1.52. The number of carbonyl (C=O) groups excluding carboxylic acids is 1. The highest BCUT2D eigenvalue weighted by Crippen LogP contribution is 2.24. The minimum atomic E-state index is -3.51. The van der Waals surface area contributed by atoms with Crippen LogP contribution in [0, 0.1) is 13.8 Å². The normalized spacial score (nSPS) is 15.7. The Morgan fingerprint density at radius 2 is 1.77 bits per heavy atom. The number of carbonyl (C=O) groups is 1. The molecule has 6 nitrogen and oxygen atoms in total. The van der Waals surface area contributed by atoms with Crippen LogP contribution in [-0.4, -0.2) is 44.4 Å². The Balaban J connectivity index is 1.53. The summed E-state index contributed by atoms with van der Waals surface area (Å²) in [5.74, 6) is 0.744. The van der Waals surface area contributed by atoms with Crippen molar-refractivity contribution in [2.24, 2.45) is 0 Å². The molecule has 1 amide bonds. The average Bonchev–Trinajstić information content (AvgIpc) is 2.70. The van der Waals surface area contributed by atoms with E-state index in [1.807, 2.05) is 57.2 Å². The van der Waals surface area contributed by atoms with Crippen molar-refractivity contribution >= 4 is 15.9 Å². The Morgan fingerprint density at radius 3 is 2.37 bits per heavy atom. The number of sulfonamides is 1. The molecule has 1 N–H and O–H groups in total. The van der Waals surface area contributed by atoms with Gasteiger partial charge in [0.2, 0.25) is 15.9 Å². The molecular formula is C23H30N2O4S. The van der Waals surface area contributed by atoms with E-state index >= 15 is 0 Å². The highest BCUT2D eigenvalue weighted by molar-refractivity contribution is 7.89. The molecule has 1 aliphatic heterocycles. The van der Waals surface area contributed by atoms with Crippen LogP contribution < -0.4 is 10.1 Å². The first-order valence-electron chi connectivity index (χ1n) is 10.4. The summed E-state index contributed by atoms with van der Waals surface area (Å²) in [5, 5.41) is 3.05. The average molecular weight is 431 g/mol. The van der Waals surface area contributed by atoms with Gasteiger partial charge in [-0.3, -0.25) is 4.79 Å². The van der Waals surface area contributed by atoms with Crippen molar-refractivity contribution in [2.75, 3.05) is 19.7 Å². The van der Waals surface area contributed by atoms with Crippen molar-refractivity contribution in [3.8, 4) is 5.75 Å². The molecule has 1 saturated heterocycles. The minimum absolute atomic E-state index is 0.00855. The summed E-state index contributed by atoms with van der Waals surface area (Å²) in [5.41, 5.74) is 2.73. The van der Waals surface area contributed by atoms with Gasteiger partial charge < -0.3 is 10.1 Å². The maximum absolute atomic E-state index is 13.0. The second kappa shape index (κ2) is 9.62. The zero-order valence-electron chi connectivity index (χ0n) is 17.8. The Morgan fingerprint density at radius 1 is 1.10 bits per heavy atom. The summed E-state index contributed by atoms with van der Waals surface area (Å²) < 4.78 is 32.9. The molecule has 0 bridgehead atoms. The summed E-state index contributed by atoms with van der Waals surface area (Å²) in [7, 11) is -3.51. The fourth-order valence-electron chi connectivity index (χ4n) is 3.80. The van der Waals surface area contributed by atoms with Crippen LogP contribution in [0.15, 0.2) is 47.4 Å². The Bertz CT molecular complexity index is 979. The Kier molecular flexibility index (Phi) is 7.15. The molecule has 1 aliphatic rings. The molecule has 0 radical (unpaired) electrons. The van der Waals surface area contributed by atoms with Gasteiger partial charge in [-0.25, -0.2) is 8.42 Å². The van der Waals surface area contributed by atoms with E-state index in [0.717, 1.165) is 22.4 Å². The first kappa shape index (κ1) is 22.3. The van der Waals surface area contributed by atoms with E-state index < -0.39 is 10.0 Å². The summed E-state index contributed by atoms with van der Waals surface area (Å²) in [6, 6.07) is 12.9. The molecule has 7 heteroatoms. The van der Waals surface area contributed by atoms with Crippen LogP contribution in [0.25, 0.3) is 0 Å². The van der Waals surface area contributed by atoms with Gasteiger partial charge >= 0.3 is 0 Å². The minimum Gasteiger partial charge on any atom is -0.494 e. The van der Waals surface area contributed by atoms with Gasteiger partial charge in [0.1, 0.15) is 5.75 Å². The number of benzene rings is 2. The second-order valence-electron chi connectivity index (χ2n) is 7.77. The largest absolute Gasteiger partial charge is 0.494 e. The molecule has 0 aliphatic carbocycles. The Hall–Kier alpha value is -2.38. The SMILES string of the molecule is CCOc1ccc(CC(=O)NC2CCN(S(=O)(=O)c3ccc(C)cc3C)CC2)cc1. The van der Waals surface area contributed by atoms with Gasteiger partial charge in [-0.1, -0.05) is 29.8 Å². The van der Waals surface area contributed by atoms with Crippen LogP contribution in [0.1, 0.15) is 36.5 Å². The van der Waals surface area contributed by atoms with Crippen molar-refractivity contribution in [1.82, 2.24) is 9.62 Å². The van der Waals surface area contributed by atoms with Gasteiger partial charge in [-0.15, -0.1) is 0 Å². The van der Waals surface area contributed by atoms with Crippen LogP contribution in [0.3, 0.4) is 0 Å². The van der Waals surface area contributed by atoms with Gasteiger partial charge in [0.15, 0.2) is 0 Å². The van der Waals surface area contributed by atoms with Crippen LogP contribution in [0.5, 0.6) is 5.75 Å². The lowest BCUT2D eigenvalue weighted by Gasteiger charge is -2.32. The molecule has 0 aromatic heterocycles. The van der Waals surface area contributed by atoms with Crippen molar-refractivity contribution in [3.63, 3.8) is 0 Å². The predicted octanol–water partition coefficient (Wildman–Crippen LogP) is 3.21. The zero-order chi connectivity index (χ0) is 21.7. The quantitative estimate of drug-likeness (QED) is 0.732. The molecule has 3 rings (SSSR count). The smallest absolute Gasteiger partial charge is 0.243 e. The van der Waals surface area contributed by atoms with Gasteiger partial charge in [-0.05, 0) is 62.9 Å². The fraction of sp³-hybridized carbons (Fsp3) is 0.435. The topological polar surface area (TPSA) is 75.7 Å². The monoisotopic (exact) mass is 430 g/mol. The van der Waals surface area contributed by atoms with Crippen molar-refractivity contribution in [2.45, 2.75) is 51.0 Å². The highest BCUT2D eigenvalue weighted by atomic mass is 32.2. The van der Waals surface area contributed by atoms with Crippen LogP contribution in [-0.2, 0) is 21.2 Å². The Labute approximate surface area is 179 Å². The number of nitrogens with zero attached hydrogens (tertiary/aromatic N) is 1. The maximum Gasteiger partial charge on any atom is 0.243 e. The number of amides is 1. The molecular weight excluding hydrogens is 400 g/mol. The number of ether oxygens (including phenoxy) is 1. The molecule has 2 aromatic rings. The third kappa shape index (κ3) is 5.40. The zero-order valence-corrected chi connectivity index (χ0v) is 18.7. The van der Waals surface area contributed by atoms with Gasteiger partial charge in [-0.2, -0.15) is 4.31 Å². The van der Waals surface area contributed by atoms with E-state index in [0.29, 0.717) is 43.9 Å². The molecule has 2 aromatic carbocycles. The highest BCUT2D eigenvalue weighted by Gasteiger charge is 2.30. The van der Waals surface area contributed by atoms with Crippen LogP contribution in [0.4, 0.5) is 0 Å². The number of rotatable bonds is 7. The first-order chi connectivity index (χ1) is 14.3. The number of aryl methyl sites for hydroxylation is 2. The fourth-order valence-corrected chi connectivity index (χ4v) is 5.48. The standard InChI is InChI=1S/C23H30N2O4S/c1-4-29-21-8-6-19(7-9-21)16-23(26)24-20-11-13-25(14-12-20)30(27,28)22-10-5-17(2)15-18(22)3/h5-10,15,20H,4,11-14,16H2,1-3H3,(H,24,26). The first-order valence-corrected chi connectivity index (χ1v) is 11.8.